The summed E-state index contributed by atoms with van der Waals surface area (Å²) in [5.41, 5.74) is 1.17. The molecule has 1 amide bonds. The first-order valence-electron chi connectivity index (χ1n) is 9.29. The molecule has 25 heavy (non-hydrogen) atoms. The van der Waals surface area contributed by atoms with E-state index in [0.717, 1.165) is 44.9 Å². The van der Waals surface area contributed by atoms with Gasteiger partial charge in [-0.25, -0.2) is 8.42 Å². The molecule has 0 spiro atoms. The van der Waals surface area contributed by atoms with E-state index in [1.54, 1.807) is 34.3 Å². The molecule has 5 nitrogen and oxygen atoms in total. The van der Waals surface area contributed by atoms with E-state index >= 15 is 0 Å². The van der Waals surface area contributed by atoms with Gasteiger partial charge in [-0.05, 0) is 50.3 Å². The fourth-order valence-corrected chi connectivity index (χ4v) is 5.68. The van der Waals surface area contributed by atoms with Crippen molar-refractivity contribution >= 4 is 15.9 Å². The molecule has 3 rings (SSSR count). The molecular formula is C19H28N2O3S. The Balaban J connectivity index is 1.88. The van der Waals surface area contributed by atoms with Crippen molar-refractivity contribution in [3.63, 3.8) is 0 Å². The Bertz CT molecular complexity index is 733. The van der Waals surface area contributed by atoms with Crippen LogP contribution in [0.2, 0.25) is 0 Å². The first-order valence-corrected chi connectivity index (χ1v) is 10.7. The summed E-state index contributed by atoms with van der Waals surface area (Å²) in [7, 11) is -1.70. The van der Waals surface area contributed by atoms with Crippen LogP contribution in [-0.2, 0) is 10.0 Å². The molecule has 0 unspecified atom stereocenters. The van der Waals surface area contributed by atoms with Crippen molar-refractivity contribution in [1.29, 1.82) is 0 Å². The zero-order valence-electron chi connectivity index (χ0n) is 15.2. The van der Waals surface area contributed by atoms with E-state index < -0.39 is 10.0 Å². The minimum Gasteiger partial charge on any atom is -0.339 e. The maximum Gasteiger partial charge on any atom is 0.253 e. The third-order valence-corrected chi connectivity index (χ3v) is 7.60. The molecule has 0 bridgehead atoms. The van der Waals surface area contributed by atoms with E-state index in [2.05, 4.69) is 0 Å². The summed E-state index contributed by atoms with van der Waals surface area (Å²) >= 11 is 0. The van der Waals surface area contributed by atoms with Crippen LogP contribution >= 0.6 is 0 Å². The summed E-state index contributed by atoms with van der Waals surface area (Å²) < 4.78 is 27.6. The van der Waals surface area contributed by atoms with Gasteiger partial charge in [0.15, 0.2) is 0 Å². The van der Waals surface area contributed by atoms with Gasteiger partial charge in [-0.15, -0.1) is 0 Å². The number of benzene rings is 1. The molecule has 6 heteroatoms. The normalized spacial score (nSPS) is 19.9. The lowest BCUT2D eigenvalue weighted by molar-refractivity contribution is 0.0735. The van der Waals surface area contributed by atoms with Gasteiger partial charge in [0.25, 0.3) is 5.91 Å². The zero-order valence-corrected chi connectivity index (χ0v) is 16.0. The number of sulfonamides is 1. The Morgan fingerprint density at radius 1 is 1.08 bits per heavy atom. The van der Waals surface area contributed by atoms with E-state index in [0.29, 0.717) is 24.2 Å². The van der Waals surface area contributed by atoms with Crippen LogP contribution in [0.1, 0.15) is 60.9 Å². The number of carbonyl (C=O) groups is 1. The first-order chi connectivity index (χ1) is 11.9. The highest BCUT2D eigenvalue weighted by Crippen LogP contribution is 2.27. The summed E-state index contributed by atoms with van der Waals surface area (Å²) in [6.07, 6.45) is 7.27. The number of piperidine rings is 1. The Hall–Kier alpha value is -1.40. The van der Waals surface area contributed by atoms with Gasteiger partial charge in [0.1, 0.15) is 0 Å². The molecule has 1 saturated heterocycles. The second kappa shape index (κ2) is 7.46. The van der Waals surface area contributed by atoms with Gasteiger partial charge in [-0.3, -0.25) is 4.79 Å². The van der Waals surface area contributed by atoms with E-state index in [-0.39, 0.29) is 16.8 Å². The van der Waals surface area contributed by atoms with Crippen LogP contribution in [-0.4, -0.2) is 49.7 Å². The monoisotopic (exact) mass is 364 g/mol. The molecule has 1 aliphatic heterocycles. The number of aryl methyl sites for hydroxylation is 1. The zero-order chi connectivity index (χ0) is 18.0. The van der Waals surface area contributed by atoms with Crippen LogP contribution in [0.5, 0.6) is 0 Å². The Morgan fingerprint density at radius 3 is 2.36 bits per heavy atom. The summed E-state index contributed by atoms with van der Waals surface area (Å²) in [5.74, 6) is -0.0815. The number of rotatable bonds is 4. The van der Waals surface area contributed by atoms with Gasteiger partial charge in [0.05, 0.1) is 4.90 Å². The van der Waals surface area contributed by atoms with E-state index in [1.807, 2.05) is 7.05 Å². The van der Waals surface area contributed by atoms with Crippen LogP contribution < -0.4 is 0 Å². The molecule has 0 radical (unpaired) electrons. The second-order valence-electron chi connectivity index (χ2n) is 7.30. The standard InChI is InChI=1S/C19H28N2O3S/c1-15-10-11-16(19(22)20(2)17-8-4-5-9-17)14-18(15)25(23,24)21-12-6-3-7-13-21/h10-11,14,17H,3-9,12-13H2,1-2H3. The molecule has 1 aliphatic carbocycles. The average Bonchev–Trinajstić information content (AvgIpc) is 3.16. The molecule has 0 atom stereocenters. The maximum absolute atomic E-state index is 13.0. The molecular weight excluding hydrogens is 336 g/mol. The molecule has 138 valence electrons. The summed E-state index contributed by atoms with van der Waals surface area (Å²) in [5, 5.41) is 0. The van der Waals surface area contributed by atoms with Gasteiger partial charge in [-0.1, -0.05) is 25.3 Å². The van der Waals surface area contributed by atoms with Crippen LogP contribution in [0.3, 0.4) is 0 Å². The van der Waals surface area contributed by atoms with E-state index in [1.165, 1.54) is 0 Å². The third-order valence-electron chi connectivity index (χ3n) is 5.56. The number of nitrogens with zero attached hydrogens (tertiary/aromatic N) is 2. The summed E-state index contributed by atoms with van der Waals surface area (Å²) in [4.78, 5) is 14.9. The van der Waals surface area contributed by atoms with Crippen LogP contribution in [0, 0.1) is 6.92 Å². The molecule has 1 aromatic rings. The predicted octanol–water partition coefficient (Wildman–Crippen LogP) is 3.18. The summed E-state index contributed by atoms with van der Waals surface area (Å²) in [6.45, 7) is 2.94. The number of amides is 1. The SMILES string of the molecule is Cc1ccc(C(=O)N(C)C2CCCC2)cc1S(=O)(=O)N1CCCCC1. The minimum absolute atomic E-state index is 0.0815. The van der Waals surface area contributed by atoms with Gasteiger partial charge in [-0.2, -0.15) is 4.31 Å². The molecule has 2 fully saturated rings. The van der Waals surface area contributed by atoms with Crippen LogP contribution in [0.15, 0.2) is 23.1 Å². The fourth-order valence-electron chi connectivity index (χ4n) is 3.92. The Labute approximate surface area is 151 Å². The van der Waals surface area contributed by atoms with Crippen molar-refractivity contribution in [1.82, 2.24) is 9.21 Å². The first kappa shape index (κ1) is 18.4. The number of carbonyl (C=O) groups excluding carboxylic acids is 1. The molecule has 1 saturated carbocycles. The molecule has 1 heterocycles. The number of hydrogen-bond acceptors (Lipinski definition) is 3. The van der Waals surface area contributed by atoms with E-state index in [9.17, 15) is 13.2 Å². The van der Waals surface area contributed by atoms with Gasteiger partial charge in [0.2, 0.25) is 10.0 Å². The molecule has 0 aromatic heterocycles. The lowest BCUT2D eigenvalue weighted by Gasteiger charge is -2.27. The van der Waals surface area contributed by atoms with E-state index in [4.69, 9.17) is 0 Å². The molecule has 1 aromatic carbocycles. The highest BCUT2D eigenvalue weighted by atomic mass is 32.2. The average molecular weight is 365 g/mol. The quantitative estimate of drug-likeness (QED) is 0.824. The molecule has 0 N–H and O–H groups in total. The predicted molar refractivity (Wildman–Crippen MR) is 98.1 cm³/mol. The Kier molecular flexibility index (Phi) is 5.49. The van der Waals surface area contributed by atoms with Crippen molar-refractivity contribution in [2.24, 2.45) is 0 Å². The highest BCUT2D eigenvalue weighted by molar-refractivity contribution is 7.89. The smallest absolute Gasteiger partial charge is 0.253 e. The lowest BCUT2D eigenvalue weighted by atomic mass is 10.1. The van der Waals surface area contributed by atoms with Crippen LogP contribution in [0.4, 0.5) is 0 Å². The van der Waals surface area contributed by atoms with Crippen molar-refractivity contribution in [3.8, 4) is 0 Å². The topological polar surface area (TPSA) is 57.7 Å². The van der Waals surface area contributed by atoms with Crippen molar-refractivity contribution < 1.29 is 13.2 Å². The lowest BCUT2D eigenvalue weighted by Crippen LogP contribution is -2.37. The highest BCUT2D eigenvalue weighted by Gasteiger charge is 2.29. The summed E-state index contributed by atoms with van der Waals surface area (Å²) in [6, 6.07) is 5.36. The second-order valence-corrected chi connectivity index (χ2v) is 9.21. The minimum atomic E-state index is -3.53. The third kappa shape index (κ3) is 3.75. The van der Waals surface area contributed by atoms with Gasteiger partial charge >= 0.3 is 0 Å². The van der Waals surface area contributed by atoms with Crippen molar-refractivity contribution in [3.05, 3.63) is 29.3 Å². The number of hydrogen-bond donors (Lipinski definition) is 0. The van der Waals surface area contributed by atoms with Gasteiger partial charge < -0.3 is 4.90 Å². The fraction of sp³-hybridized carbons (Fsp3) is 0.632. The Morgan fingerprint density at radius 2 is 1.72 bits per heavy atom. The largest absolute Gasteiger partial charge is 0.339 e. The van der Waals surface area contributed by atoms with Crippen LogP contribution in [0.25, 0.3) is 0 Å². The van der Waals surface area contributed by atoms with Gasteiger partial charge in [0, 0.05) is 31.7 Å². The van der Waals surface area contributed by atoms with Crippen molar-refractivity contribution in [2.75, 3.05) is 20.1 Å². The molecule has 2 aliphatic rings. The van der Waals surface area contributed by atoms with Crippen molar-refractivity contribution in [2.45, 2.75) is 62.8 Å². The maximum atomic E-state index is 13.0.